The van der Waals surface area contributed by atoms with Crippen molar-refractivity contribution in [2.75, 3.05) is 5.32 Å². The van der Waals surface area contributed by atoms with Crippen LogP contribution in [0.4, 0.5) is 27.6 Å². The number of rotatable bonds is 5. The number of aliphatic hydroxyl groups excluding tert-OH is 1. The number of nitrogens with one attached hydrogen (secondary N) is 2. The highest BCUT2D eigenvalue weighted by Crippen LogP contribution is 2.41. The van der Waals surface area contributed by atoms with Crippen molar-refractivity contribution < 1.29 is 36.6 Å². The first-order valence-electron chi connectivity index (χ1n) is 11.6. The number of nitrogens with zero attached hydrogens (tertiary/aromatic N) is 2. The van der Waals surface area contributed by atoms with Crippen LogP contribution < -0.4 is 10.6 Å². The number of alkyl halides is 3. The molecule has 2 atom stereocenters. The fraction of sp³-hybridized carbons (Fsp3) is 0.148. The van der Waals surface area contributed by atoms with Crippen LogP contribution >= 0.6 is 11.6 Å². The molecule has 0 fully saturated rings. The van der Waals surface area contributed by atoms with E-state index in [-0.39, 0.29) is 39.0 Å². The van der Waals surface area contributed by atoms with E-state index in [2.05, 4.69) is 15.7 Å². The summed E-state index contributed by atoms with van der Waals surface area (Å²) >= 11 is 6.29. The number of amides is 2. The summed E-state index contributed by atoms with van der Waals surface area (Å²) in [6.45, 7) is 0. The van der Waals surface area contributed by atoms with Gasteiger partial charge in [-0.25, -0.2) is 8.78 Å². The molecule has 4 aromatic rings. The molecule has 5 rings (SSSR count). The fourth-order valence-electron chi connectivity index (χ4n) is 4.59. The molecule has 1 aliphatic rings. The first-order valence-corrected chi connectivity index (χ1v) is 12.0. The highest BCUT2D eigenvalue weighted by atomic mass is 35.5. The van der Waals surface area contributed by atoms with E-state index in [9.17, 15) is 36.6 Å². The quantitative estimate of drug-likeness (QED) is 0.272. The van der Waals surface area contributed by atoms with Crippen molar-refractivity contribution in [3.63, 3.8) is 0 Å². The number of aromatic nitrogens is 2. The van der Waals surface area contributed by atoms with Gasteiger partial charge in [0.15, 0.2) is 0 Å². The number of hydrogen-bond donors (Lipinski definition) is 3. The number of halogens is 6. The number of anilines is 1. The maximum Gasteiger partial charge on any atom is 0.416 e. The standard InChI is InChI=1S/C27H18ClF5N4O3/c1-37-21(4-5-34-37)24(38)12-8-18-22(23(36-26(18)40)17-11-15(29)2-3-19(17)28)20(9-12)35-25(39)13-6-14(27(31,32)33)10-16(30)7-13/h2-11,23-24,38H,1H3,(H,35,39)(H,36,40). The van der Waals surface area contributed by atoms with Crippen LogP contribution in [0.3, 0.4) is 0 Å². The van der Waals surface area contributed by atoms with Gasteiger partial charge in [0.2, 0.25) is 0 Å². The lowest BCUT2D eigenvalue weighted by atomic mass is 9.92. The molecule has 0 aliphatic carbocycles. The highest BCUT2D eigenvalue weighted by molar-refractivity contribution is 6.31. The average Bonchev–Trinajstić information content (AvgIpc) is 3.47. The molecular weight excluding hydrogens is 559 g/mol. The summed E-state index contributed by atoms with van der Waals surface area (Å²) in [5.41, 5.74) is -1.38. The average molecular weight is 577 g/mol. The van der Waals surface area contributed by atoms with Gasteiger partial charge in [0.1, 0.15) is 17.7 Å². The lowest BCUT2D eigenvalue weighted by Gasteiger charge is -2.20. The highest BCUT2D eigenvalue weighted by Gasteiger charge is 2.36. The van der Waals surface area contributed by atoms with Gasteiger partial charge in [0.25, 0.3) is 11.8 Å². The molecule has 13 heteroatoms. The lowest BCUT2D eigenvalue weighted by Crippen LogP contribution is -2.21. The second kappa shape index (κ2) is 10.0. The molecule has 0 spiro atoms. The summed E-state index contributed by atoms with van der Waals surface area (Å²) in [5, 5.41) is 20.2. The van der Waals surface area contributed by atoms with Crippen LogP contribution in [0, 0.1) is 11.6 Å². The number of carbonyl (C=O) groups is 2. The largest absolute Gasteiger partial charge is 0.416 e. The smallest absolute Gasteiger partial charge is 0.382 e. The molecule has 0 saturated carbocycles. The van der Waals surface area contributed by atoms with Gasteiger partial charge < -0.3 is 15.7 Å². The van der Waals surface area contributed by atoms with E-state index >= 15 is 0 Å². The van der Waals surface area contributed by atoms with Crippen LogP contribution in [0.1, 0.15) is 60.8 Å². The number of carbonyl (C=O) groups excluding carboxylic acids is 2. The van der Waals surface area contributed by atoms with Gasteiger partial charge >= 0.3 is 6.18 Å². The zero-order valence-electron chi connectivity index (χ0n) is 20.4. The van der Waals surface area contributed by atoms with Gasteiger partial charge in [-0.1, -0.05) is 11.6 Å². The Balaban J connectivity index is 1.65. The van der Waals surface area contributed by atoms with E-state index < -0.39 is 52.9 Å². The van der Waals surface area contributed by atoms with Gasteiger partial charge in [-0.2, -0.15) is 18.3 Å². The zero-order valence-corrected chi connectivity index (χ0v) is 21.1. The molecule has 40 heavy (non-hydrogen) atoms. The van der Waals surface area contributed by atoms with Crippen molar-refractivity contribution in [2.24, 2.45) is 7.05 Å². The van der Waals surface area contributed by atoms with Crippen LogP contribution in [0.5, 0.6) is 0 Å². The van der Waals surface area contributed by atoms with Gasteiger partial charge in [-0.05, 0) is 60.2 Å². The maximum atomic E-state index is 14.1. The van der Waals surface area contributed by atoms with Crippen LogP contribution in [0.15, 0.2) is 60.8 Å². The van der Waals surface area contributed by atoms with E-state index in [0.717, 1.165) is 12.1 Å². The third kappa shape index (κ3) is 5.03. The van der Waals surface area contributed by atoms with Crippen molar-refractivity contribution in [1.82, 2.24) is 15.1 Å². The van der Waals surface area contributed by atoms with Crippen LogP contribution in [0.25, 0.3) is 0 Å². The van der Waals surface area contributed by atoms with E-state index in [4.69, 9.17) is 11.6 Å². The molecule has 3 N–H and O–H groups in total. The molecule has 1 aliphatic heterocycles. The molecule has 7 nitrogen and oxygen atoms in total. The topological polar surface area (TPSA) is 96.2 Å². The molecule has 206 valence electrons. The Kier molecular flexibility index (Phi) is 6.84. The number of benzene rings is 3. The normalized spacial score (nSPS) is 15.5. The van der Waals surface area contributed by atoms with E-state index in [0.29, 0.717) is 17.8 Å². The molecule has 0 bridgehead atoms. The Morgan fingerprint density at radius 2 is 1.85 bits per heavy atom. The molecule has 2 amide bonds. The second-order valence-electron chi connectivity index (χ2n) is 9.06. The van der Waals surface area contributed by atoms with Crippen molar-refractivity contribution >= 4 is 29.1 Å². The lowest BCUT2D eigenvalue weighted by molar-refractivity contribution is -0.137. The molecular formula is C27H18ClF5N4O3. The van der Waals surface area contributed by atoms with Gasteiger partial charge in [0.05, 0.1) is 17.3 Å². The number of aliphatic hydroxyl groups is 1. The Morgan fingerprint density at radius 3 is 2.52 bits per heavy atom. The molecule has 0 radical (unpaired) electrons. The van der Waals surface area contributed by atoms with Crippen LogP contribution in [-0.4, -0.2) is 26.7 Å². The zero-order chi connectivity index (χ0) is 28.9. The molecule has 1 aromatic heterocycles. The summed E-state index contributed by atoms with van der Waals surface area (Å²) in [4.78, 5) is 26.2. The summed E-state index contributed by atoms with van der Waals surface area (Å²) < 4.78 is 69.3. The first-order chi connectivity index (χ1) is 18.8. The summed E-state index contributed by atoms with van der Waals surface area (Å²) in [6, 6.07) is 7.99. The Labute approximate surface area is 228 Å². The van der Waals surface area contributed by atoms with E-state index in [1.807, 2.05) is 0 Å². The molecule has 3 aromatic carbocycles. The second-order valence-corrected chi connectivity index (χ2v) is 9.47. The SMILES string of the molecule is Cn1nccc1C(O)c1cc(NC(=O)c2cc(F)cc(C(F)(F)F)c2)c2c(c1)C(=O)NC2c1cc(F)ccc1Cl. The van der Waals surface area contributed by atoms with Gasteiger partial charge in [-0.3, -0.25) is 14.3 Å². The van der Waals surface area contributed by atoms with Crippen molar-refractivity contribution in [3.05, 3.63) is 117 Å². The van der Waals surface area contributed by atoms with Crippen LogP contribution in [0.2, 0.25) is 5.02 Å². The van der Waals surface area contributed by atoms with Gasteiger partial charge in [0, 0.05) is 46.2 Å². The third-order valence-electron chi connectivity index (χ3n) is 6.47. The first kappa shape index (κ1) is 27.3. The minimum atomic E-state index is -4.92. The molecule has 0 saturated heterocycles. The molecule has 2 heterocycles. The minimum Gasteiger partial charge on any atom is -0.382 e. The van der Waals surface area contributed by atoms with Gasteiger partial charge in [-0.15, -0.1) is 0 Å². The maximum absolute atomic E-state index is 14.1. The monoisotopic (exact) mass is 576 g/mol. The number of hydrogen-bond acceptors (Lipinski definition) is 4. The van der Waals surface area contributed by atoms with Crippen molar-refractivity contribution in [2.45, 2.75) is 18.3 Å². The van der Waals surface area contributed by atoms with Crippen molar-refractivity contribution in [3.8, 4) is 0 Å². The summed E-state index contributed by atoms with van der Waals surface area (Å²) in [6.07, 6.45) is -4.81. The Hall–Kier alpha value is -4.29. The summed E-state index contributed by atoms with van der Waals surface area (Å²) in [7, 11) is 1.57. The van der Waals surface area contributed by atoms with Crippen LogP contribution in [-0.2, 0) is 13.2 Å². The Morgan fingerprint density at radius 1 is 1.10 bits per heavy atom. The predicted molar refractivity (Wildman–Crippen MR) is 134 cm³/mol. The summed E-state index contributed by atoms with van der Waals surface area (Å²) in [5.74, 6) is -3.70. The fourth-order valence-corrected chi connectivity index (χ4v) is 4.81. The van der Waals surface area contributed by atoms with E-state index in [1.165, 1.54) is 35.1 Å². The third-order valence-corrected chi connectivity index (χ3v) is 6.81. The Bertz CT molecular complexity index is 1670. The number of fused-ring (bicyclic) bond motifs is 1. The van der Waals surface area contributed by atoms with Crippen molar-refractivity contribution in [1.29, 1.82) is 0 Å². The molecule has 2 unspecified atom stereocenters. The minimum absolute atomic E-state index is 0.00503. The number of aryl methyl sites for hydroxylation is 1. The van der Waals surface area contributed by atoms with E-state index in [1.54, 1.807) is 7.05 Å². The predicted octanol–water partition coefficient (Wildman–Crippen LogP) is 5.54.